The van der Waals surface area contributed by atoms with E-state index in [1.165, 1.54) is 0 Å². The highest BCUT2D eigenvalue weighted by molar-refractivity contribution is 5.77. The third-order valence-electron chi connectivity index (χ3n) is 8.51. The van der Waals surface area contributed by atoms with Gasteiger partial charge < -0.3 is 38.8 Å². The summed E-state index contributed by atoms with van der Waals surface area (Å²) in [6.07, 6.45) is 3.30. The van der Waals surface area contributed by atoms with E-state index in [0.29, 0.717) is 101 Å². The van der Waals surface area contributed by atoms with E-state index >= 15 is 0 Å². The molecule has 0 aliphatic carbocycles. The van der Waals surface area contributed by atoms with E-state index in [4.69, 9.17) is 23.7 Å². The Morgan fingerprint density at radius 2 is 1.21 bits per heavy atom. The first-order valence-corrected chi connectivity index (χ1v) is 17.6. The molecule has 0 fully saturated rings. The molecule has 3 amide bonds. The van der Waals surface area contributed by atoms with Crippen LogP contribution < -0.4 is 24.3 Å². The molecule has 52 heavy (non-hydrogen) atoms. The molecule has 0 atom stereocenters. The lowest BCUT2D eigenvalue weighted by Crippen LogP contribution is -2.36. The Hall–Kier alpha value is -5.44. The second-order valence-electron chi connectivity index (χ2n) is 12.1. The van der Waals surface area contributed by atoms with Gasteiger partial charge in [-0.05, 0) is 73.1 Å². The number of hydrogen-bond acceptors (Lipinski definition) is 9. The smallest absolute Gasteiger partial charge is 0.410 e. The molecule has 3 rings (SSSR count). The molecule has 0 radical (unpaired) electrons. The highest BCUT2D eigenvalue weighted by Gasteiger charge is 2.18. The highest BCUT2D eigenvalue weighted by atomic mass is 16.6. The Labute approximate surface area is 307 Å². The quantitative estimate of drug-likeness (QED) is 0.118. The molecule has 1 N–H and O–H groups in total. The number of nitrogens with one attached hydrogen (secondary N) is 1. The third kappa shape index (κ3) is 14.1. The van der Waals surface area contributed by atoms with E-state index in [2.05, 4.69) is 11.4 Å². The lowest BCUT2D eigenvalue weighted by molar-refractivity contribution is -0.131. The number of unbranched alkanes of at least 4 members (excludes halogenated alkanes) is 1. The first-order chi connectivity index (χ1) is 25.3. The van der Waals surface area contributed by atoms with E-state index in [0.717, 1.165) is 16.7 Å². The summed E-state index contributed by atoms with van der Waals surface area (Å²) in [5.41, 5.74) is 2.80. The summed E-state index contributed by atoms with van der Waals surface area (Å²) >= 11 is 0. The van der Waals surface area contributed by atoms with E-state index in [1.807, 2.05) is 66.7 Å². The van der Waals surface area contributed by atoms with Crippen LogP contribution in [-0.4, -0.2) is 88.9 Å². The number of nitrogens with zero attached hydrogens (tertiary/aromatic N) is 3. The van der Waals surface area contributed by atoms with Crippen molar-refractivity contribution in [3.05, 3.63) is 83.4 Å². The predicted molar refractivity (Wildman–Crippen MR) is 198 cm³/mol. The molecule has 280 valence electrons. The second-order valence-corrected chi connectivity index (χ2v) is 12.1. The number of methoxy groups -OCH3 is 4. The van der Waals surface area contributed by atoms with Gasteiger partial charge in [-0.1, -0.05) is 42.5 Å². The Morgan fingerprint density at radius 3 is 1.79 bits per heavy atom. The highest BCUT2D eigenvalue weighted by Crippen LogP contribution is 2.29. The van der Waals surface area contributed by atoms with Crippen molar-refractivity contribution < 1.29 is 38.1 Å². The fraction of sp³-hybridized carbons (Fsp3) is 0.450. The van der Waals surface area contributed by atoms with E-state index in [9.17, 15) is 19.6 Å². The maximum absolute atomic E-state index is 13.2. The molecule has 0 saturated heterocycles. The lowest BCUT2D eigenvalue weighted by Gasteiger charge is -2.24. The zero-order chi connectivity index (χ0) is 37.6. The van der Waals surface area contributed by atoms with Crippen molar-refractivity contribution in [2.75, 3.05) is 61.2 Å². The van der Waals surface area contributed by atoms with Crippen LogP contribution in [0.1, 0.15) is 55.2 Å². The zero-order valence-electron chi connectivity index (χ0n) is 30.9. The van der Waals surface area contributed by atoms with Crippen LogP contribution in [0.4, 0.5) is 4.79 Å². The lowest BCUT2D eigenvalue weighted by atomic mass is 10.1. The van der Waals surface area contributed by atoms with Gasteiger partial charge in [-0.25, -0.2) is 4.79 Å². The molecule has 12 heteroatoms. The topological polar surface area (TPSA) is 140 Å². The minimum atomic E-state index is -0.434. The first kappa shape index (κ1) is 41.0. The van der Waals surface area contributed by atoms with E-state index in [-0.39, 0.29) is 24.8 Å². The van der Waals surface area contributed by atoms with Crippen molar-refractivity contribution in [1.82, 2.24) is 15.1 Å². The van der Waals surface area contributed by atoms with Crippen LogP contribution in [0.5, 0.6) is 23.0 Å². The average molecular weight is 717 g/mol. The molecule has 0 aliphatic heterocycles. The summed E-state index contributed by atoms with van der Waals surface area (Å²) in [5, 5.41) is 12.1. The largest absolute Gasteiger partial charge is 0.493 e. The number of hydrogen-bond donors (Lipinski definition) is 1. The van der Waals surface area contributed by atoms with Gasteiger partial charge in [-0.15, -0.1) is 0 Å². The number of amides is 3. The minimum Gasteiger partial charge on any atom is -0.493 e. The van der Waals surface area contributed by atoms with E-state index < -0.39 is 6.09 Å². The van der Waals surface area contributed by atoms with Crippen molar-refractivity contribution in [2.45, 2.75) is 58.0 Å². The van der Waals surface area contributed by atoms with Crippen LogP contribution in [0, 0.1) is 11.3 Å². The van der Waals surface area contributed by atoms with Crippen LogP contribution in [0.3, 0.4) is 0 Å². The van der Waals surface area contributed by atoms with Gasteiger partial charge in [0.2, 0.25) is 11.8 Å². The van der Waals surface area contributed by atoms with Crippen LogP contribution in [0.25, 0.3) is 0 Å². The maximum Gasteiger partial charge on any atom is 0.410 e. The molecular formula is C40H52N4O8. The molecule has 0 aromatic heterocycles. The van der Waals surface area contributed by atoms with Gasteiger partial charge in [0.15, 0.2) is 23.0 Å². The molecule has 0 saturated carbocycles. The second kappa shape index (κ2) is 23.1. The number of aryl methyl sites for hydroxylation is 2. The van der Waals surface area contributed by atoms with Crippen LogP contribution >= 0.6 is 0 Å². The molecule has 3 aromatic rings. The van der Waals surface area contributed by atoms with E-state index in [1.54, 1.807) is 38.2 Å². The summed E-state index contributed by atoms with van der Waals surface area (Å²) < 4.78 is 27.0. The molecule has 3 aromatic carbocycles. The molecule has 0 heterocycles. The number of nitriles is 1. The van der Waals surface area contributed by atoms with Crippen LogP contribution in [-0.2, 0) is 33.8 Å². The Balaban J connectivity index is 1.50. The summed E-state index contributed by atoms with van der Waals surface area (Å²) in [6, 6.07) is 22.8. The van der Waals surface area contributed by atoms with Gasteiger partial charge in [-0.3, -0.25) is 9.59 Å². The standard InChI is InChI=1S/C40H52N4O8/c1-48-34-18-14-31(28-36(34)50-3)16-20-38(45)42-23-11-27-44(40(47)52-30-33-12-6-5-7-13-33)25-9-8-24-43(26-10-22-41)39(46)21-17-32-15-19-35(49-2)37(29-32)51-4/h5-7,12-15,18-19,28-29H,8-11,16-17,20-21,23-27,30H2,1-4H3,(H,42,45). The summed E-state index contributed by atoms with van der Waals surface area (Å²) in [6.45, 7) is 2.19. The van der Waals surface area contributed by atoms with Gasteiger partial charge in [0.05, 0.1) is 40.9 Å². The third-order valence-corrected chi connectivity index (χ3v) is 8.51. The van der Waals surface area contributed by atoms with Crippen molar-refractivity contribution >= 4 is 17.9 Å². The van der Waals surface area contributed by atoms with Crippen molar-refractivity contribution in [1.29, 1.82) is 5.26 Å². The molecule has 0 unspecified atom stereocenters. The SMILES string of the molecule is COc1ccc(CCC(=O)NCCCN(CCCCN(CCC#N)C(=O)CCc2ccc(OC)c(OC)c2)C(=O)OCc2ccccc2)cc1OC. The fourth-order valence-electron chi connectivity index (χ4n) is 5.58. The van der Waals surface area contributed by atoms with Crippen LogP contribution in [0.15, 0.2) is 66.7 Å². The summed E-state index contributed by atoms with van der Waals surface area (Å²) in [7, 11) is 6.30. The Kier molecular flexibility index (Phi) is 18.2. The summed E-state index contributed by atoms with van der Waals surface area (Å²) in [5.74, 6) is 2.36. The normalized spacial score (nSPS) is 10.4. The fourth-order valence-corrected chi connectivity index (χ4v) is 5.58. The first-order valence-electron chi connectivity index (χ1n) is 17.6. The molecule has 12 nitrogen and oxygen atoms in total. The zero-order valence-corrected chi connectivity index (χ0v) is 30.9. The molecule has 0 spiro atoms. The van der Waals surface area contributed by atoms with Crippen molar-refractivity contribution in [2.24, 2.45) is 0 Å². The Morgan fingerprint density at radius 1 is 0.654 bits per heavy atom. The maximum atomic E-state index is 13.2. The molecule has 0 bridgehead atoms. The predicted octanol–water partition coefficient (Wildman–Crippen LogP) is 5.95. The van der Waals surface area contributed by atoms with Crippen molar-refractivity contribution in [3.63, 3.8) is 0 Å². The van der Waals surface area contributed by atoms with Gasteiger partial charge in [0, 0.05) is 45.6 Å². The number of benzene rings is 3. The number of carbonyl (C=O) groups is 3. The van der Waals surface area contributed by atoms with Gasteiger partial charge in [0.1, 0.15) is 6.61 Å². The van der Waals surface area contributed by atoms with Gasteiger partial charge in [-0.2, -0.15) is 5.26 Å². The molecule has 0 aliphatic rings. The van der Waals surface area contributed by atoms with Crippen molar-refractivity contribution in [3.8, 4) is 29.1 Å². The Bertz CT molecular complexity index is 1590. The summed E-state index contributed by atoms with van der Waals surface area (Å²) in [4.78, 5) is 42.3. The monoisotopic (exact) mass is 716 g/mol. The average Bonchev–Trinajstić information content (AvgIpc) is 3.18. The number of rotatable bonds is 23. The van der Waals surface area contributed by atoms with Gasteiger partial charge in [0.25, 0.3) is 0 Å². The van der Waals surface area contributed by atoms with Gasteiger partial charge >= 0.3 is 6.09 Å². The minimum absolute atomic E-state index is 0.0361. The number of carbonyl (C=O) groups excluding carboxylic acids is 3. The molecular weight excluding hydrogens is 664 g/mol. The van der Waals surface area contributed by atoms with Crippen LogP contribution in [0.2, 0.25) is 0 Å². The number of ether oxygens (including phenoxy) is 5.